The van der Waals surface area contributed by atoms with Crippen LogP contribution in [-0.4, -0.2) is 63.3 Å². The van der Waals surface area contributed by atoms with Gasteiger partial charge in [0.15, 0.2) is 5.58 Å². The molecule has 238 valence electrons. The quantitative estimate of drug-likeness (QED) is 0.177. The second-order valence-corrected chi connectivity index (χ2v) is 14.6. The Morgan fingerprint density at radius 2 is 1.77 bits per heavy atom. The number of aromatic nitrogens is 2. The van der Waals surface area contributed by atoms with E-state index in [9.17, 15) is 10.1 Å². The van der Waals surface area contributed by atoms with Crippen LogP contribution in [0.3, 0.4) is 0 Å². The molecule has 9 heteroatoms. The van der Waals surface area contributed by atoms with E-state index in [1.807, 2.05) is 35.0 Å². The normalized spacial score (nSPS) is 18.6. The zero-order valence-electron chi connectivity index (χ0n) is 27.3. The first-order valence-electron chi connectivity index (χ1n) is 16.5. The lowest BCUT2D eigenvalue weighted by molar-refractivity contribution is -0.132. The van der Waals surface area contributed by atoms with Crippen molar-refractivity contribution in [2.45, 2.75) is 59.3 Å². The van der Waals surface area contributed by atoms with Gasteiger partial charge in [0.2, 0.25) is 11.8 Å². The third kappa shape index (κ3) is 5.25. The van der Waals surface area contributed by atoms with Gasteiger partial charge in [-0.05, 0) is 92.2 Å². The summed E-state index contributed by atoms with van der Waals surface area (Å²) in [7, 11) is 1.97. The van der Waals surface area contributed by atoms with Crippen LogP contribution in [0.4, 0.5) is 0 Å². The standard InChI is InChI=1S/C38H38N6O2S/c1-5-42(4)21-35(45)44-19-33-34(20-44)47-38(41-33)31-11-7-9-29(23(31)3)28-8-6-10-30(22(28)2)37-40-32-15-24(12-26(16-39)36(32)46-37)17-43-18-25-13-27(43)14-25/h6-12,15,25,27H,5,13-14,17-21H2,1-4H3. The Morgan fingerprint density at radius 3 is 2.45 bits per heavy atom. The first kappa shape index (κ1) is 30.0. The van der Waals surface area contributed by atoms with Gasteiger partial charge in [0.1, 0.15) is 16.6 Å². The molecule has 9 rings (SSSR count). The highest BCUT2D eigenvalue weighted by Gasteiger charge is 2.42. The largest absolute Gasteiger partial charge is 0.435 e. The monoisotopic (exact) mass is 642 g/mol. The number of likely N-dealkylation sites (N-methyl/N-ethyl adjacent to an activating group) is 1. The molecule has 47 heavy (non-hydrogen) atoms. The molecule has 3 aliphatic heterocycles. The van der Waals surface area contributed by atoms with Gasteiger partial charge in [-0.25, -0.2) is 9.97 Å². The molecule has 3 fully saturated rings. The van der Waals surface area contributed by atoms with E-state index in [1.165, 1.54) is 17.7 Å². The number of nitriles is 1. The molecule has 1 aliphatic carbocycles. The highest BCUT2D eigenvalue weighted by molar-refractivity contribution is 7.15. The molecule has 2 bridgehead atoms. The Hall–Kier alpha value is -4.36. The minimum absolute atomic E-state index is 0.149. The summed E-state index contributed by atoms with van der Waals surface area (Å²) >= 11 is 1.69. The van der Waals surface area contributed by atoms with Crippen molar-refractivity contribution >= 4 is 28.3 Å². The number of carbonyl (C=O) groups is 1. The Morgan fingerprint density at radius 1 is 1.04 bits per heavy atom. The topological polar surface area (TPSA) is 89.5 Å². The van der Waals surface area contributed by atoms with Gasteiger partial charge in [-0.1, -0.05) is 37.3 Å². The first-order chi connectivity index (χ1) is 22.8. The van der Waals surface area contributed by atoms with Crippen LogP contribution in [0.15, 0.2) is 52.9 Å². The zero-order chi connectivity index (χ0) is 32.4. The molecule has 2 saturated heterocycles. The summed E-state index contributed by atoms with van der Waals surface area (Å²) in [5, 5.41) is 11.0. The van der Waals surface area contributed by atoms with E-state index in [0.29, 0.717) is 42.7 Å². The maximum Gasteiger partial charge on any atom is 0.237 e. The molecular weight excluding hydrogens is 605 g/mol. The van der Waals surface area contributed by atoms with Gasteiger partial charge in [0.25, 0.3) is 0 Å². The molecule has 1 saturated carbocycles. The zero-order valence-corrected chi connectivity index (χ0v) is 28.2. The summed E-state index contributed by atoms with van der Waals surface area (Å²) < 4.78 is 6.33. The number of rotatable bonds is 8. The van der Waals surface area contributed by atoms with Crippen molar-refractivity contribution in [3.05, 3.63) is 81.4 Å². The third-order valence-electron chi connectivity index (χ3n) is 10.4. The van der Waals surface area contributed by atoms with Gasteiger partial charge >= 0.3 is 0 Å². The highest BCUT2D eigenvalue weighted by atomic mass is 32.1. The maximum atomic E-state index is 12.8. The van der Waals surface area contributed by atoms with Crippen LogP contribution in [0.1, 0.15) is 52.6 Å². The first-order valence-corrected chi connectivity index (χ1v) is 17.3. The number of fused-ring (bicyclic) bond motifs is 3. The van der Waals surface area contributed by atoms with E-state index in [4.69, 9.17) is 14.4 Å². The fraction of sp³-hybridized carbons (Fsp3) is 0.368. The minimum Gasteiger partial charge on any atom is -0.435 e. The number of hydrogen-bond donors (Lipinski definition) is 0. The fourth-order valence-electron chi connectivity index (χ4n) is 7.53. The van der Waals surface area contributed by atoms with Crippen molar-refractivity contribution in [2.75, 3.05) is 26.7 Å². The number of oxazole rings is 1. The summed E-state index contributed by atoms with van der Waals surface area (Å²) in [5.41, 5.74) is 10.5. The van der Waals surface area contributed by atoms with Gasteiger partial charge in [-0.15, -0.1) is 11.3 Å². The van der Waals surface area contributed by atoms with Crippen LogP contribution >= 0.6 is 11.3 Å². The maximum absolute atomic E-state index is 12.8. The van der Waals surface area contributed by atoms with Gasteiger partial charge < -0.3 is 9.32 Å². The van der Waals surface area contributed by atoms with Crippen molar-refractivity contribution in [1.29, 1.82) is 5.26 Å². The predicted molar refractivity (Wildman–Crippen MR) is 185 cm³/mol. The van der Waals surface area contributed by atoms with Gasteiger partial charge in [0.05, 0.1) is 30.9 Å². The Kier molecular flexibility index (Phi) is 7.47. The minimum atomic E-state index is 0.149. The molecule has 1 amide bonds. The van der Waals surface area contributed by atoms with E-state index < -0.39 is 0 Å². The van der Waals surface area contributed by atoms with Crippen molar-refractivity contribution in [3.63, 3.8) is 0 Å². The number of hydrogen-bond acceptors (Lipinski definition) is 8. The Balaban J connectivity index is 1.08. The molecule has 5 aromatic rings. The smallest absolute Gasteiger partial charge is 0.237 e. The summed E-state index contributed by atoms with van der Waals surface area (Å²) in [6.45, 7) is 10.8. The average molecular weight is 643 g/mol. The van der Waals surface area contributed by atoms with Gasteiger partial charge in [-0.3, -0.25) is 14.6 Å². The number of nitrogens with zero attached hydrogens (tertiary/aromatic N) is 6. The lowest BCUT2D eigenvalue weighted by Crippen LogP contribution is -2.35. The molecule has 0 N–H and O–H groups in total. The predicted octanol–water partition coefficient (Wildman–Crippen LogP) is 7.16. The summed E-state index contributed by atoms with van der Waals surface area (Å²) in [6.07, 6.45) is 2.62. The molecule has 2 aromatic heterocycles. The van der Waals surface area contributed by atoms with Crippen molar-refractivity contribution in [3.8, 4) is 39.2 Å². The Labute approximate surface area is 279 Å². The van der Waals surface area contributed by atoms with Crippen LogP contribution in [0.5, 0.6) is 0 Å². The second-order valence-electron chi connectivity index (χ2n) is 13.5. The number of thiazole rings is 1. The molecule has 0 unspecified atom stereocenters. The third-order valence-corrected chi connectivity index (χ3v) is 11.6. The van der Waals surface area contributed by atoms with Gasteiger partial charge in [-0.2, -0.15) is 5.26 Å². The molecule has 3 aromatic carbocycles. The van der Waals surface area contributed by atoms with Crippen LogP contribution in [0, 0.1) is 31.1 Å². The Bertz CT molecular complexity index is 2060. The van der Waals surface area contributed by atoms with E-state index in [1.54, 1.807) is 11.3 Å². The molecule has 5 heterocycles. The van der Waals surface area contributed by atoms with E-state index in [2.05, 4.69) is 62.1 Å². The summed E-state index contributed by atoms with van der Waals surface area (Å²) in [4.78, 5) is 30.4. The number of benzene rings is 3. The molecule has 0 spiro atoms. The van der Waals surface area contributed by atoms with Crippen molar-refractivity contribution in [1.82, 2.24) is 24.7 Å². The summed E-state index contributed by atoms with van der Waals surface area (Å²) in [6, 6.07) is 19.7. The fourth-order valence-corrected chi connectivity index (χ4v) is 8.70. The van der Waals surface area contributed by atoms with Crippen LogP contribution in [0.2, 0.25) is 0 Å². The SMILES string of the molecule is CCN(C)CC(=O)N1Cc2nc(-c3cccc(-c4cccc(-c5nc6cc(CN7CC8CC7C8)cc(C#N)c6o5)c4C)c3C)sc2C1. The molecular formula is C38H38N6O2S. The lowest BCUT2D eigenvalue weighted by atomic mass is 9.86. The van der Waals surface area contributed by atoms with Crippen LogP contribution in [-0.2, 0) is 24.4 Å². The van der Waals surface area contributed by atoms with Crippen molar-refractivity contribution in [2.24, 2.45) is 5.92 Å². The van der Waals surface area contributed by atoms with E-state index in [-0.39, 0.29) is 5.91 Å². The summed E-state index contributed by atoms with van der Waals surface area (Å²) in [5.74, 6) is 1.53. The lowest BCUT2D eigenvalue weighted by Gasteiger charge is -2.25. The molecule has 0 radical (unpaired) electrons. The molecule has 8 nitrogen and oxygen atoms in total. The molecule has 0 atom stereocenters. The highest BCUT2D eigenvalue weighted by Crippen LogP contribution is 2.42. The van der Waals surface area contributed by atoms with E-state index >= 15 is 0 Å². The van der Waals surface area contributed by atoms with E-state index in [0.717, 1.165) is 80.7 Å². The second kappa shape index (κ2) is 11.7. The van der Waals surface area contributed by atoms with Crippen molar-refractivity contribution < 1.29 is 9.21 Å². The molecule has 4 aliphatic rings. The number of amides is 1. The van der Waals surface area contributed by atoms with Crippen LogP contribution in [0.25, 0.3) is 44.3 Å². The van der Waals surface area contributed by atoms with Gasteiger partial charge in [0, 0.05) is 35.1 Å². The van der Waals surface area contributed by atoms with Crippen LogP contribution < -0.4 is 0 Å². The number of carbonyl (C=O) groups excluding carboxylic acids is 1. The average Bonchev–Trinajstić information content (AvgIpc) is 3.87.